The fraction of sp³-hybridized carbons (Fsp3) is 0. The van der Waals surface area contributed by atoms with E-state index in [0.29, 0.717) is 10.2 Å². The summed E-state index contributed by atoms with van der Waals surface area (Å²) in [5.41, 5.74) is 0.572. The van der Waals surface area contributed by atoms with Crippen LogP contribution in [0.25, 0.3) is 0 Å². The first-order valence-corrected chi connectivity index (χ1v) is 6.83. The Kier molecular flexibility index (Phi) is 4.62. The van der Waals surface area contributed by atoms with Crippen molar-refractivity contribution in [3.8, 4) is 0 Å². The van der Waals surface area contributed by atoms with Crippen LogP contribution >= 0.6 is 50.7 Å². The second kappa shape index (κ2) is 6.05. The van der Waals surface area contributed by atoms with Crippen LogP contribution in [0.2, 0.25) is 15.3 Å². The SMILES string of the molecule is O=C(Nc1cc(Br)cnc1Cl)c1cc(Cl)ncc1Cl. The number of aromatic nitrogens is 2. The highest BCUT2D eigenvalue weighted by molar-refractivity contribution is 9.10. The maximum absolute atomic E-state index is 12.1. The average Bonchev–Trinajstić information content (AvgIpc) is 2.36. The molecule has 0 saturated carbocycles. The van der Waals surface area contributed by atoms with Crippen LogP contribution < -0.4 is 5.32 Å². The number of pyridine rings is 2. The Hall–Kier alpha value is -0.880. The predicted octanol–water partition coefficient (Wildman–Crippen LogP) is 4.45. The fourth-order valence-corrected chi connectivity index (χ4v) is 2.12. The Morgan fingerprint density at radius 2 is 1.89 bits per heavy atom. The normalized spacial score (nSPS) is 10.3. The number of nitrogens with zero attached hydrogens (tertiary/aromatic N) is 2. The third-order valence-electron chi connectivity index (χ3n) is 2.12. The summed E-state index contributed by atoms with van der Waals surface area (Å²) in [7, 11) is 0. The molecule has 4 nitrogen and oxygen atoms in total. The molecule has 0 bridgehead atoms. The largest absolute Gasteiger partial charge is 0.319 e. The van der Waals surface area contributed by atoms with Crippen LogP contribution in [0.4, 0.5) is 5.69 Å². The van der Waals surface area contributed by atoms with Crippen molar-refractivity contribution in [3.05, 3.63) is 49.9 Å². The van der Waals surface area contributed by atoms with Crippen molar-refractivity contribution in [2.45, 2.75) is 0 Å². The topological polar surface area (TPSA) is 54.9 Å². The maximum Gasteiger partial charge on any atom is 0.257 e. The number of halogens is 4. The zero-order valence-electron chi connectivity index (χ0n) is 9.12. The lowest BCUT2D eigenvalue weighted by atomic mass is 10.2. The standard InChI is InChI=1S/C11H5BrCl3N3O/c12-5-1-8(10(15)17-3-5)18-11(19)6-2-9(14)16-4-7(6)13/h1-4H,(H,18,19). The molecule has 2 aromatic heterocycles. The first kappa shape index (κ1) is 14.5. The smallest absolute Gasteiger partial charge is 0.257 e. The Morgan fingerprint density at radius 3 is 2.63 bits per heavy atom. The van der Waals surface area contributed by atoms with Gasteiger partial charge in [0.05, 0.1) is 16.3 Å². The van der Waals surface area contributed by atoms with Gasteiger partial charge in [-0.3, -0.25) is 4.79 Å². The van der Waals surface area contributed by atoms with Gasteiger partial charge in [0.2, 0.25) is 0 Å². The molecule has 19 heavy (non-hydrogen) atoms. The first-order chi connectivity index (χ1) is 8.97. The molecule has 1 N–H and O–H groups in total. The molecule has 98 valence electrons. The quantitative estimate of drug-likeness (QED) is 0.782. The lowest BCUT2D eigenvalue weighted by molar-refractivity contribution is 0.102. The molecule has 8 heteroatoms. The molecule has 0 aliphatic rings. The summed E-state index contributed by atoms with van der Waals surface area (Å²) >= 11 is 20.7. The second-order valence-electron chi connectivity index (χ2n) is 3.43. The van der Waals surface area contributed by atoms with E-state index in [1.165, 1.54) is 18.5 Å². The fourth-order valence-electron chi connectivity index (χ4n) is 1.29. The van der Waals surface area contributed by atoms with E-state index < -0.39 is 5.91 Å². The lowest BCUT2D eigenvalue weighted by Gasteiger charge is -2.08. The number of carbonyl (C=O) groups excluding carboxylic acids is 1. The molecule has 0 unspecified atom stereocenters. The average molecular weight is 381 g/mol. The van der Waals surface area contributed by atoms with Gasteiger partial charge in [0.15, 0.2) is 5.15 Å². The maximum atomic E-state index is 12.1. The minimum atomic E-state index is -0.448. The third-order valence-corrected chi connectivity index (χ3v) is 3.36. The molecule has 1 amide bonds. The highest BCUT2D eigenvalue weighted by Crippen LogP contribution is 2.25. The van der Waals surface area contributed by atoms with E-state index in [2.05, 4.69) is 31.2 Å². The zero-order chi connectivity index (χ0) is 14.0. The van der Waals surface area contributed by atoms with Gasteiger partial charge in [0.25, 0.3) is 5.91 Å². The molecular formula is C11H5BrCl3N3O. The van der Waals surface area contributed by atoms with Gasteiger partial charge in [-0.1, -0.05) is 34.8 Å². The first-order valence-electron chi connectivity index (χ1n) is 4.91. The van der Waals surface area contributed by atoms with Crippen molar-refractivity contribution in [3.63, 3.8) is 0 Å². The van der Waals surface area contributed by atoms with Gasteiger partial charge >= 0.3 is 0 Å². The molecule has 0 radical (unpaired) electrons. The number of amides is 1. The minimum absolute atomic E-state index is 0.174. The van der Waals surface area contributed by atoms with Crippen LogP contribution in [0.1, 0.15) is 10.4 Å². The van der Waals surface area contributed by atoms with Crippen LogP contribution in [0.15, 0.2) is 29.0 Å². The van der Waals surface area contributed by atoms with Crippen LogP contribution in [-0.4, -0.2) is 15.9 Å². The van der Waals surface area contributed by atoms with Gasteiger partial charge in [-0.15, -0.1) is 0 Å². The van der Waals surface area contributed by atoms with Crippen LogP contribution in [-0.2, 0) is 0 Å². The van der Waals surface area contributed by atoms with E-state index in [1.54, 1.807) is 6.07 Å². The monoisotopic (exact) mass is 379 g/mol. The van der Waals surface area contributed by atoms with E-state index in [-0.39, 0.29) is 20.9 Å². The van der Waals surface area contributed by atoms with Gasteiger partial charge in [-0.25, -0.2) is 9.97 Å². The Balaban J connectivity index is 2.30. The molecule has 0 aliphatic heterocycles. The van der Waals surface area contributed by atoms with Crippen molar-refractivity contribution in [2.24, 2.45) is 0 Å². The second-order valence-corrected chi connectivity index (χ2v) is 5.50. The Morgan fingerprint density at radius 1 is 1.16 bits per heavy atom. The summed E-state index contributed by atoms with van der Waals surface area (Å²) in [5.74, 6) is -0.448. The zero-order valence-corrected chi connectivity index (χ0v) is 13.0. The van der Waals surface area contributed by atoms with E-state index in [9.17, 15) is 4.79 Å². The van der Waals surface area contributed by atoms with Crippen molar-refractivity contribution < 1.29 is 4.79 Å². The van der Waals surface area contributed by atoms with Gasteiger partial charge < -0.3 is 5.32 Å². The summed E-state index contributed by atoms with van der Waals surface area (Å²) in [6.45, 7) is 0. The molecule has 0 atom stereocenters. The van der Waals surface area contributed by atoms with Crippen molar-refractivity contribution in [2.75, 3.05) is 5.32 Å². The van der Waals surface area contributed by atoms with E-state index >= 15 is 0 Å². The highest BCUT2D eigenvalue weighted by Gasteiger charge is 2.14. The molecule has 0 aromatic carbocycles. The number of hydrogen-bond donors (Lipinski definition) is 1. The molecule has 2 aromatic rings. The number of anilines is 1. The minimum Gasteiger partial charge on any atom is -0.319 e. The van der Waals surface area contributed by atoms with Crippen LogP contribution in [0.5, 0.6) is 0 Å². The summed E-state index contributed by atoms with van der Waals surface area (Å²) in [4.78, 5) is 19.7. The molecule has 0 spiro atoms. The summed E-state index contributed by atoms with van der Waals surface area (Å²) < 4.78 is 0.686. The van der Waals surface area contributed by atoms with Gasteiger partial charge in [-0.05, 0) is 28.1 Å². The Bertz CT molecular complexity index is 651. The van der Waals surface area contributed by atoms with Crippen molar-refractivity contribution in [1.29, 1.82) is 0 Å². The van der Waals surface area contributed by atoms with E-state index in [4.69, 9.17) is 34.8 Å². The predicted molar refractivity (Wildman–Crippen MR) is 79.2 cm³/mol. The highest BCUT2D eigenvalue weighted by atomic mass is 79.9. The number of nitrogens with one attached hydrogen (secondary N) is 1. The molecule has 0 saturated heterocycles. The van der Waals surface area contributed by atoms with E-state index in [1.807, 2.05) is 0 Å². The molecule has 2 heterocycles. The van der Waals surface area contributed by atoms with Gasteiger partial charge in [-0.2, -0.15) is 0 Å². The van der Waals surface area contributed by atoms with Crippen LogP contribution in [0, 0.1) is 0 Å². The molecular weight excluding hydrogens is 376 g/mol. The molecule has 2 rings (SSSR count). The van der Waals surface area contributed by atoms with Gasteiger partial charge in [0.1, 0.15) is 5.15 Å². The van der Waals surface area contributed by atoms with Crippen LogP contribution in [0.3, 0.4) is 0 Å². The number of rotatable bonds is 2. The van der Waals surface area contributed by atoms with Crippen molar-refractivity contribution >= 4 is 62.3 Å². The van der Waals surface area contributed by atoms with Gasteiger partial charge in [0, 0.05) is 16.9 Å². The molecule has 0 fully saturated rings. The molecule has 0 aliphatic carbocycles. The summed E-state index contributed by atoms with van der Waals surface area (Å²) in [6.07, 6.45) is 2.83. The number of hydrogen-bond acceptors (Lipinski definition) is 3. The summed E-state index contributed by atoms with van der Waals surface area (Å²) in [5, 5.41) is 3.14. The van der Waals surface area contributed by atoms with Crippen molar-refractivity contribution in [1.82, 2.24) is 9.97 Å². The third kappa shape index (κ3) is 3.57. The Labute approximate surface area is 132 Å². The summed E-state index contributed by atoms with van der Waals surface area (Å²) in [6, 6.07) is 3.00. The number of carbonyl (C=O) groups is 1. The van der Waals surface area contributed by atoms with E-state index in [0.717, 1.165) is 0 Å². The lowest BCUT2D eigenvalue weighted by Crippen LogP contribution is -2.13.